The molecule has 118 valence electrons. The molecular weight excluding hydrogens is 310 g/mol. The zero-order valence-electron chi connectivity index (χ0n) is 10.8. The molecule has 0 aliphatic carbocycles. The molecule has 0 radical (unpaired) electrons. The number of aromatic amines is 1. The van der Waals surface area contributed by atoms with Crippen molar-refractivity contribution in [1.82, 2.24) is 9.55 Å². The predicted octanol–water partition coefficient (Wildman–Crippen LogP) is -1.08. The second-order valence-electron chi connectivity index (χ2n) is 4.54. The number of nitrogens with one attached hydrogen (secondary N) is 1. The molecule has 1 aromatic heterocycles. The molecule has 0 spiro atoms. The highest BCUT2D eigenvalue weighted by Gasteiger charge is 2.49. The highest BCUT2D eigenvalue weighted by atomic mass is 31.1. The Morgan fingerprint density at radius 1 is 1.57 bits per heavy atom. The number of hydrogen-bond donors (Lipinski definition) is 3. The molecule has 0 aromatic carbocycles. The monoisotopic (exact) mass is 324 g/mol. The van der Waals surface area contributed by atoms with Gasteiger partial charge in [0.2, 0.25) is 0 Å². The largest absolute Gasteiger partial charge is 0.391 e. The van der Waals surface area contributed by atoms with Gasteiger partial charge in [-0.2, -0.15) is 0 Å². The molecule has 3 N–H and O–H groups in total. The van der Waals surface area contributed by atoms with Crippen molar-refractivity contribution in [1.29, 1.82) is 0 Å². The van der Waals surface area contributed by atoms with Crippen LogP contribution in [0, 0.1) is 0 Å². The normalized spacial score (nSPS) is 32.0. The number of ether oxygens (including phenoxy) is 1. The number of aromatic nitrogens is 2. The lowest BCUT2D eigenvalue weighted by Crippen LogP contribution is -2.37. The number of halogens is 1. The lowest BCUT2D eigenvalue weighted by atomic mass is 10.1. The first kappa shape index (κ1) is 16.1. The molecule has 1 aromatic rings. The third-order valence-electron chi connectivity index (χ3n) is 3.04. The molecular formula is C10H14FN2O7P. The highest BCUT2D eigenvalue weighted by molar-refractivity contribution is 7.32. The van der Waals surface area contributed by atoms with Crippen LogP contribution < -0.4 is 11.2 Å². The maximum absolute atomic E-state index is 14.3. The van der Waals surface area contributed by atoms with Gasteiger partial charge in [0.15, 0.2) is 12.4 Å². The summed E-state index contributed by atoms with van der Waals surface area (Å²) in [4.78, 5) is 33.3. The second kappa shape index (κ2) is 6.20. The van der Waals surface area contributed by atoms with E-state index in [1.54, 1.807) is 0 Å². The van der Waals surface area contributed by atoms with Crippen LogP contribution >= 0.6 is 8.25 Å². The fourth-order valence-corrected chi connectivity index (χ4v) is 2.64. The minimum absolute atomic E-state index is 0.662. The molecule has 9 nitrogen and oxygen atoms in total. The molecule has 1 aliphatic heterocycles. The highest BCUT2D eigenvalue weighted by Crippen LogP contribution is 2.38. The standard InChI is InChI=1S/C10H14FN2O7P/c1-4(14)7-8(20-21(17)18)6(11)9(19-7)13-3-2-5(15)12-10(13)16/h2-4,6-9,14,21H,1H3,(H,17,18)(H,12,15,16)/t4-,6?,7+,8?,9+/m0/s1. The maximum Gasteiger partial charge on any atom is 0.330 e. The van der Waals surface area contributed by atoms with Crippen LogP contribution in [0.1, 0.15) is 13.2 Å². The number of aliphatic hydroxyl groups is 1. The van der Waals surface area contributed by atoms with Crippen LogP contribution in [0.25, 0.3) is 0 Å². The molecule has 0 saturated carbocycles. The van der Waals surface area contributed by atoms with Crippen molar-refractivity contribution < 1.29 is 28.2 Å². The van der Waals surface area contributed by atoms with Crippen molar-refractivity contribution in [3.63, 3.8) is 0 Å². The topological polar surface area (TPSA) is 131 Å². The minimum Gasteiger partial charge on any atom is -0.391 e. The molecule has 1 saturated heterocycles. The smallest absolute Gasteiger partial charge is 0.330 e. The van der Waals surface area contributed by atoms with Gasteiger partial charge in [0.1, 0.15) is 12.2 Å². The summed E-state index contributed by atoms with van der Waals surface area (Å²) in [5.74, 6) is 0. The van der Waals surface area contributed by atoms with Crippen LogP contribution in [0.2, 0.25) is 0 Å². The van der Waals surface area contributed by atoms with Crippen molar-refractivity contribution >= 4 is 8.25 Å². The molecule has 0 bridgehead atoms. The summed E-state index contributed by atoms with van der Waals surface area (Å²) < 4.78 is 35.7. The zero-order valence-corrected chi connectivity index (χ0v) is 11.8. The Labute approximate surface area is 117 Å². The van der Waals surface area contributed by atoms with Crippen LogP contribution in [0.5, 0.6) is 0 Å². The summed E-state index contributed by atoms with van der Waals surface area (Å²) in [6.07, 6.45) is -6.37. The average Bonchev–Trinajstić information content (AvgIpc) is 2.67. The SMILES string of the molecule is C[C@H](O)[C@H]1O[C@@H](n2ccc(=O)[nH]c2=O)C(F)C1O[PH](=O)O. The predicted molar refractivity (Wildman–Crippen MR) is 67.9 cm³/mol. The molecule has 6 atom stereocenters. The van der Waals surface area contributed by atoms with Crippen LogP contribution in [-0.4, -0.2) is 44.0 Å². The summed E-state index contributed by atoms with van der Waals surface area (Å²) in [6, 6.07) is 0.998. The quantitative estimate of drug-likeness (QED) is 0.600. The zero-order chi connectivity index (χ0) is 15.7. The Morgan fingerprint density at radius 2 is 2.24 bits per heavy atom. The average molecular weight is 324 g/mol. The summed E-state index contributed by atoms with van der Waals surface area (Å²) in [5, 5.41) is 9.54. The van der Waals surface area contributed by atoms with Crippen LogP contribution in [0.4, 0.5) is 4.39 Å². The van der Waals surface area contributed by atoms with Gasteiger partial charge in [0.05, 0.1) is 6.10 Å². The van der Waals surface area contributed by atoms with Crippen LogP contribution in [-0.2, 0) is 13.8 Å². The van der Waals surface area contributed by atoms with Gasteiger partial charge in [-0.25, -0.2) is 9.18 Å². The van der Waals surface area contributed by atoms with Crippen LogP contribution in [0.3, 0.4) is 0 Å². The third kappa shape index (κ3) is 3.30. The van der Waals surface area contributed by atoms with E-state index in [0.717, 1.165) is 16.8 Å². The molecule has 1 aliphatic rings. The van der Waals surface area contributed by atoms with Gasteiger partial charge in [-0.1, -0.05) is 0 Å². The lowest BCUT2D eigenvalue weighted by molar-refractivity contribution is -0.0756. The van der Waals surface area contributed by atoms with E-state index in [9.17, 15) is 23.7 Å². The molecule has 0 amide bonds. The van der Waals surface area contributed by atoms with Gasteiger partial charge >= 0.3 is 13.9 Å². The summed E-state index contributed by atoms with van der Waals surface area (Å²) in [6.45, 7) is 1.29. The fourth-order valence-electron chi connectivity index (χ4n) is 2.14. The molecule has 21 heavy (non-hydrogen) atoms. The molecule has 1 fully saturated rings. The number of hydrogen-bond acceptors (Lipinski definition) is 6. The molecule has 2 rings (SSSR count). The van der Waals surface area contributed by atoms with Gasteiger partial charge in [0.25, 0.3) is 5.56 Å². The van der Waals surface area contributed by atoms with Gasteiger partial charge in [0, 0.05) is 12.3 Å². The van der Waals surface area contributed by atoms with E-state index in [4.69, 9.17) is 9.63 Å². The van der Waals surface area contributed by atoms with Gasteiger partial charge in [-0.15, -0.1) is 0 Å². The van der Waals surface area contributed by atoms with E-state index in [1.807, 2.05) is 4.98 Å². The maximum atomic E-state index is 14.3. The first-order valence-electron chi connectivity index (χ1n) is 6.00. The van der Waals surface area contributed by atoms with E-state index in [1.165, 1.54) is 6.92 Å². The minimum atomic E-state index is -3.46. The number of nitrogens with zero attached hydrogens (tertiary/aromatic N) is 1. The number of rotatable bonds is 4. The summed E-state index contributed by atoms with van der Waals surface area (Å²) in [7, 11) is -3.46. The number of alkyl halides is 1. The van der Waals surface area contributed by atoms with Crippen LogP contribution in [0.15, 0.2) is 21.9 Å². The Morgan fingerprint density at radius 3 is 2.76 bits per heavy atom. The summed E-state index contributed by atoms with van der Waals surface area (Å²) >= 11 is 0. The van der Waals surface area contributed by atoms with E-state index in [2.05, 4.69) is 4.52 Å². The Hall–Kier alpha value is -1.32. The number of aliphatic hydroxyl groups excluding tert-OH is 1. The fraction of sp³-hybridized carbons (Fsp3) is 0.600. The summed E-state index contributed by atoms with van der Waals surface area (Å²) in [5.41, 5.74) is -1.57. The van der Waals surface area contributed by atoms with Crippen molar-refractivity contribution in [3.8, 4) is 0 Å². The Kier molecular flexibility index (Phi) is 4.74. The second-order valence-corrected chi connectivity index (χ2v) is 5.31. The van der Waals surface area contributed by atoms with E-state index in [-0.39, 0.29) is 0 Å². The van der Waals surface area contributed by atoms with Crippen molar-refractivity contribution in [3.05, 3.63) is 33.1 Å². The molecule has 2 heterocycles. The van der Waals surface area contributed by atoms with Crippen molar-refractivity contribution in [2.24, 2.45) is 0 Å². The third-order valence-corrected chi connectivity index (χ3v) is 3.52. The number of H-pyrrole nitrogens is 1. The first-order valence-corrected chi connectivity index (χ1v) is 7.26. The molecule has 3 unspecified atom stereocenters. The lowest BCUT2D eigenvalue weighted by Gasteiger charge is -2.19. The van der Waals surface area contributed by atoms with Crippen molar-refractivity contribution in [2.75, 3.05) is 0 Å². The van der Waals surface area contributed by atoms with Gasteiger partial charge in [-0.3, -0.25) is 18.9 Å². The van der Waals surface area contributed by atoms with E-state index < -0.39 is 50.2 Å². The van der Waals surface area contributed by atoms with E-state index >= 15 is 0 Å². The van der Waals surface area contributed by atoms with Gasteiger partial charge < -0.3 is 19.3 Å². The Bertz CT molecular complexity index is 645. The first-order chi connectivity index (χ1) is 9.81. The van der Waals surface area contributed by atoms with E-state index in [0.29, 0.717) is 0 Å². The van der Waals surface area contributed by atoms with Crippen molar-refractivity contribution in [2.45, 2.75) is 37.6 Å². The van der Waals surface area contributed by atoms with Gasteiger partial charge in [-0.05, 0) is 6.92 Å². The molecule has 11 heteroatoms. The Balaban J connectivity index is 2.35.